The Kier molecular flexibility index (Phi) is 8.89. The molecule has 0 aliphatic rings. The monoisotopic (exact) mass is 328 g/mol. The predicted octanol–water partition coefficient (Wildman–Crippen LogP) is 3.19. The van der Waals surface area contributed by atoms with Crippen molar-refractivity contribution in [1.82, 2.24) is 5.32 Å². The number of nitrogens with zero attached hydrogens (tertiary/aromatic N) is 3. The van der Waals surface area contributed by atoms with Gasteiger partial charge < -0.3 is 15.3 Å². The molecule has 1 rings (SSSR count). The van der Waals surface area contributed by atoms with Crippen LogP contribution in [0.5, 0.6) is 0 Å². The number of anilines is 1. The number of thioether (sulfide) groups is 1. The summed E-state index contributed by atoms with van der Waals surface area (Å²) in [5, 5.41) is 22.3. The summed E-state index contributed by atoms with van der Waals surface area (Å²) in [5.41, 5.74) is 1.98. The summed E-state index contributed by atoms with van der Waals surface area (Å²) in [7, 11) is 4.00. The first-order chi connectivity index (χ1) is 10.1. The molecule has 7 heteroatoms. The number of hydrogen-bond acceptors (Lipinski definition) is 6. The summed E-state index contributed by atoms with van der Waals surface area (Å²) in [6.45, 7) is 0.445. The molecule has 1 unspecified atom stereocenters. The van der Waals surface area contributed by atoms with Gasteiger partial charge in [-0.05, 0) is 29.7 Å². The van der Waals surface area contributed by atoms with E-state index in [1.807, 2.05) is 48.7 Å². The molecular formula is C14H21ClN4OS. The summed E-state index contributed by atoms with van der Waals surface area (Å²) in [6.07, 6.45) is 1.24. The van der Waals surface area contributed by atoms with Gasteiger partial charge in [0.15, 0.2) is 0 Å². The highest BCUT2D eigenvalue weighted by atomic mass is 35.5. The van der Waals surface area contributed by atoms with E-state index in [0.717, 1.165) is 11.4 Å². The van der Waals surface area contributed by atoms with Crippen LogP contribution in [-0.2, 0) is 0 Å². The van der Waals surface area contributed by atoms with E-state index in [1.54, 1.807) is 6.20 Å². The van der Waals surface area contributed by atoms with Crippen LogP contribution in [-0.4, -0.2) is 43.6 Å². The summed E-state index contributed by atoms with van der Waals surface area (Å²) >= 11 is 6.98. The van der Waals surface area contributed by atoms with Gasteiger partial charge in [-0.1, -0.05) is 0 Å². The van der Waals surface area contributed by atoms with Crippen molar-refractivity contribution in [3.8, 4) is 0 Å². The minimum atomic E-state index is -0.522. The van der Waals surface area contributed by atoms with Crippen LogP contribution in [0.2, 0.25) is 0 Å². The van der Waals surface area contributed by atoms with Crippen LogP contribution in [0.1, 0.15) is 0 Å². The van der Waals surface area contributed by atoms with Crippen LogP contribution in [0.15, 0.2) is 46.1 Å². The van der Waals surface area contributed by atoms with Gasteiger partial charge >= 0.3 is 0 Å². The van der Waals surface area contributed by atoms with Gasteiger partial charge in [-0.2, -0.15) is 10.2 Å². The number of rotatable bonds is 9. The highest BCUT2D eigenvalue weighted by molar-refractivity contribution is 8.02. The van der Waals surface area contributed by atoms with Crippen molar-refractivity contribution in [3.05, 3.63) is 35.9 Å². The number of halogens is 1. The first-order valence-electron chi connectivity index (χ1n) is 6.52. The maximum atomic E-state index is 9.21. The van der Waals surface area contributed by atoms with Crippen molar-refractivity contribution < 1.29 is 5.11 Å². The minimum absolute atomic E-state index is 0.231. The highest BCUT2D eigenvalue weighted by Gasteiger charge is 1.97. The molecule has 0 saturated carbocycles. The van der Waals surface area contributed by atoms with Crippen LogP contribution >= 0.6 is 23.4 Å². The Labute approximate surface area is 135 Å². The van der Waals surface area contributed by atoms with E-state index in [4.69, 9.17) is 11.6 Å². The fraction of sp³-hybridized carbons (Fsp3) is 0.429. The van der Waals surface area contributed by atoms with Gasteiger partial charge in [0.05, 0.1) is 17.7 Å². The molecule has 1 aromatic rings. The van der Waals surface area contributed by atoms with Crippen LogP contribution in [0.3, 0.4) is 0 Å². The fourth-order valence-corrected chi connectivity index (χ4v) is 1.87. The molecule has 1 aromatic carbocycles. The average molecular weight is 329 g/mol. The number of nitrogens with one attached hydrogen (secondary N) is 1. The first kappa shape index (κ1) is 17.8. The Bertz CT molecular complexity index is 451. The van der Waals surface area contributed by atoms with Crippen molar-refractivity contribution in [2.45, 2.75) is 6.10 Å². The van der Waals surface area contributed by atoms with E-state index in [1.165, 1.54) is 11.8 Å². The fourth-order valence-electron chi connectivity index (χ4n) is 1.36. The zero-order valence-corrected chi connectivity index (χ0v) is 13.8. The third-order valence-corrected chi connectivity index (χ3v) is 3.45. The summed E-state index contributed by atoms with van der Waals surface area (Å²) in [4.78, 5) is 2.04. The number of alkyl halides is 1. The lowest BCUT2D eigenvalue weighted by Crippen LogP contribution is -2.23. The third kappa shape index (κ3) is 7.94. The maximum absolute atomic E-state index is 9.21. The van der Waals surface area contributed by atoms with Gasteiger partial charge in [0.1, 0.15) is 5.88 Å². The lowest BCUT2D eigenvalue weighted by atomic mass is 10.3. The van der Waals surface area contributed by atoms with Gasteiger partial charge in [-0.3, -0.25) is 0 Å². The molecular weight excluding hydrogens is 308 g/mol. The molecule has 0 saturated heterocycles. The molecule has 5 nitrogen and oxygen atoms in total. The molecule has 0 bridgehead atoms. The molecule has 0 heterocycles. The van der Waals surface area contributed by atoms with E-state index >= 15 is 0 Å². The molecule has 0 aliphatic carbocycles. The average Bonchev–Trinajstić information content (AvgIpc) is 2.50. The van der Waals surface area contributed by atoms with Crippen molar-refractivity contribution in [3.63, 3.8) is 0 Å². The molecule has 0 amide bonds. The Morgan fingerprint density at radius 1 is 1.38 bits per heavy atom. The number of aliphatic hydroxyl groups is 1. The standard InChI is InChI=1S/C14H21ClN4OS/c1-19(2)13-5-3-12(4-6-13)18-17-11-21-8-7-16-10-14(20)9-15/h3-8,14,16,20H,9-11H2,1-2H3/b8-7-,18-17?. The van der Waals surface area contributed by atoms with Crippen LogP contribution < -0.4 is 10.2 Å². The molecule has 1 atom stereocenters. The normalized spacial score (nSPS) is 13.0. The smallest absolute Gasteiger partial charge is 0.110 e. The number of azo groups is 1. The zero-order valence-electron chi connectivity index (χ0n) is 12.2. The topological polar surface area (TPSA) is 60.2 Å². The van der Waals surface area contributed by atoms with Gasteiger partial charge in [0, 0.05) is 32.5 Å². The summed E-state index contributed by atoms with van der Waals surface area (Å²) < 4.78 is 0. The number of benzene rings is 1. The minimum Gasteiger partial charge on any atom is -0.390 e. The predicted molar refractivity (Wildman–Crippen MR) is 91.6 cm³/mol. The molecule has 0 fully saturated rings. The maximum Gasteiger partial charge on any atom is 0.110 e. The van der Waals surface area contributed by atoms with E-state index in [-0.39, 0.29) is 5.88 Å². The number of hydrogen-bond donors (Lipinski definition) is 2. The van der Waals surface area contributed by atoms with Crippen molar-refractivity contribution in [2.75, 3.05) is 37.3 Å². The highest BCUT2D eigenvalue weighted by Crippen LogP contribution is 2.18. The van der Waals surface area contributed by atoms with E-state index < -0.39 is 6.10 Å². The third-order valence-electron chi connectivity index (χ3n) is 2.50. The second-order valence-corrected chi connectivity index (χ2v) is 5.64. The molecule has 0 aliphatic heterocycles. The van der Waals surface area contributed by atoms with Crippen LogP contribution in [0, 0.1) is 0 Å². The SMILES string of the molecule is CN(C)c1ccc(N=NCS/C=C\NCC(O)CCl)cc1. The second-order valence-electron chi connectivity index (χ2n) is 4.47. The first-order valence-corrected chi connectivity index (χ1v) is 8.10. The molecule has 0 aromatic heterocycles. The van der Waals surface area contributed by atoms with E-state index in [2.05, 4.69) is 15.5 Å². The largest absolute Gasteiger partial charge is 0.390 e. The summed E-state index contributed by atoms with van der Waals surface area (Å²) in [6, 6.07) is 7.89. The van der Waals surface area contributed by atoms with E-state index in [0.29, 0.717) is 12.4 Å². The Morgan fingerprint density at radius 3 is 2.71 bits per heavy atom. The van der Waals surface area contributed by atoms with Gasteiger partial charge in [-0.25, -0.2) is 0 Å². The molecule has 21 heavy (non-hydrogen) atoms. The molecule has 0 radical (unpaired) electrons. The van der Waals surface area contributed by atoms with Gasteiger partial charge in [0.25, 0.3) is 0 Å². The molecule has 116 valence electrons. The second kappa shape index (κ2) is 10.5. The lowest BCUT2D eigenvalue weighted by molar-refractivity contribution is 0.199. The van der Waals surface area contributed by atoms with Crippen molar-refractivity contribution in [1.29, 1.82) is 0 Å². The van der Waals surface area contributed by atoms with Crippen LogP contribution in [0.4, 0.5) is 11.4 Å². The molecule has 0 spiro atoms. The van der Waals surface area contributed by atoms with E-state index in [9.17, 15) is 5.11 Å². The molecule has 2 N–H and O–H groups in total. The quantitative estimate of drug-likeness (QED) is 0.415. The van der Waals surface area contributed by atoms with Crippen molar-refractivity contribution in [2.24, 2.45) is 10.2 Å². The Balaban J connectivity index is 2.21. The van der Waals surface area contributed by atoms with Gasteiger partial charge in [0.2, 0.25) is 0 Å². The Hall–Kier alpha value is -1.24. The van der Waals surface area contributed by atoms with Crippen LogP contribution in [0.25, 0.3) is 0 Å². The number of aliphatic hydroxyl groups excluding tert-OH is 1. The Morgan fingerprint density at radius 2 is 2.10 bits per heavy atom. The van der Waals surface area contributed by atoms with Crippen molar-refractivity contribution >= 4 is 34.7 Å². The zero-order chi connectivity index (χ0) is 15.5. The van der Waals surface area contributed by atoms with Gasteiger partial charge in [-0.15, -0.1) is 23.4 Å². The summed E-state index contributed by atoms with van der Waals surface area (Å²) in [5.74, 6) is 0.778. The lowest BCUT2D eigenvalue weighted by Gasteiger charge is -2.11.